The average molecular weight is 328 g/mol. The van der Waals surface area contributed by atoms with E-state index in [1.165, 1.54) is 39.0 Å². The Morgan fingerprint density at radius 2 is 1.76 bits per heavy atom. The van der Waals surface area contributed by atoms with Crippen LogP contribution in [0.3, 0.4) is 0 Å². The molecule has 3 nitrogen and oxygen atoms in total. The number of aromatic nitrogens is 3. The predicted molar refractivity (Wildman–Crippen MR) is 102 cm³/mol. The van der Waals surface area contributed by atoms with Crippen LogP contribution in [0.2, 0.25) is 0 Å². The molecule has 0 aliphatic rings. The number of benzene rings is 2. The molecule has 0 radical (unpaired) electrons. The minimum atomic E-state index is 0.985. The Balaban J connectivity index is 2.00. The van der Waals surface area contributed by atoms with Gasteiger partial charge in [0, 0.05) is 47.8 Å². The first kappa shape index (κ1) is 15.6. The lowest BCUT2D eigenvalue weighted by Crippen LogP contribution is -2.35. The van der Waals surface area contributed by atoms with Crippen molar-refractivity contribution in [2.45, 2.75) is 20.8 Å². The van der Waals surface area contributed by atoms with Gasteiger partial charge in [0.25, 0.3) is 5.82 Å². The van der Waals surface area contributed by atoms with Gasteiger partial charge in [0.1, 0.15) is 18.1 Å². The lowest BCUT2D eigenvalue weighted by atomic mass is 10.00. The van der Waals surface area contributed by atoms with Crippen molar-refractivity contribution in [3.8, 4) is 16.9 Å². The lowest BCUT2D eigenvalue weighted by Gasteiger charge is -2.13. The molecule has 0 N–H and O–H groups in total. The van der Waals surface area contributed by atoms with E-state index in [4.69, 9.17) is 0 Å². The zero-order chi connectivity index (χ0) is 17.6. The van der Waals surface area contributed by atoms with Crippen molar-refractivity contribution in [1.29, 1.82) is 0 Å². The number of rotatable bonds is 2. The van der Waals surface area contributed by atoms with Crippen LogP contribution in [-0.2, 0) is 7.05 Å². The van der Waals surface area contributed by atoms with Gasteiger partial charge in [-0.05, 0) is 43.7 Å². The van der Waals surface area contributed by atoms with E-state index in [0.717, 1.165) is 5.82 Å². The van der Waals surface area contributed by atoms with E-state index in [-0.39, 0.29) is 0 Å². The molecule has 0 bridgehead atoms. The van der Waals surface area contributed by atoms with Gasteiger partial charge in [0.2, 0.25) is 0 Å². The summed E-state index contributed by atoms with van der Waals surface area (Å²) in [6.45, 7) is 6.39. The number of hydrogen-bond acceptors (Lipinski definition) is 1. The van der Waals surface area contributed by atoms with Crippen molar-refractivity contribution in [2.24, 2.45) is 7.05 Å². The third-order valence-corrected chi connectivity index (χ3v) is 4.94. The molecule has 3 heteroatoms. The van der Waals surface area contributed by atoms with Crippen LogP contribution in [0.1, 0.15) is 17.0 Å². The zero-order valence-electron chi connectivity index (χ0n) is 15.1. The van der Waals surface area contributed by atoms with Gasteiger partial charge in [-0.3, -0.25) is 0 Å². The standard InChI is InChI=1S/C22H22N3/c1-15-12-19(22-14-18-8-5-6-9-20(18)24(22)4)16(2)21(13-15)25-11-7-10-23-17(25)3/h5-14H,1-4H3/q+1. The fourth-order valence-corrected chi connectivity index (χ4v) is 3.60. The molecule has 124 valence electrons. The number of fused-ring (bicyclic) bond motifs is 1. The van der Waals surface area contributed by atoms with E-state index in [1.54, 1.807) is 0 Å². The molecule has 0 fully saturated rings. The van der Waals surface area contributed by atoms with Crippen LogP contribution >= 0.6 is 0 Å². The van der Waals surface area contributed by atoms with Crippen LogP contribution in [0.5, 0.6) is 0 Å². The monoisotopic (exact) mass is 328 g/mol. The van der Waals surface area contributed by atoms with Crippen LogP contribution in [0, 0.1) is 20.8 Å². The first-order valence-corrected chi connectivity index (χ1v) is 8.56. The molecular formula is C22H22N3+. The fourth-order valence-electron chi connectivity index (χ4n) is 3.60. The maximum absolute atomic E-state index is 4.44. The Labute approximate surface area is 148 Å². The second-order valence-corrected chi connectivity index (χ2v) is 6.64. The van der Waals surface area contributed by atoms with Gasteiger partial charge in [-0.1, -0.05) is 23.2 Å². The second kappa shape index (κ2) is 5.85. The maximum atomic E-state index is 4.44. The highest BCUT2D eigenvalue weighted by atomic mass is 15.0. The van der Waals surface area contributed by atoms with Crippen molar-refractivity contribution in [3.63, 3.8) is 0 Å². The molecule has 2 heterocycles. The van der Waals surface area contributed by atoms with Gasteiger partial charge >= 0.3 is 0 Å². The Kier molecular flexibility index (Phi) is 3.65. The molecule has 2 aromatic heterocycles. The van der Waals surface area contributed by atoms with E-state index < -0.39 is 0 Å². The Hall–Kier alpha value is -2.94. The lowest BCUT2D eigenvalue weighted by molar-refractivity contribution is -0.606. The molecule has 0 aliphatic heterocycles. The Morgan fingerprint density at radius 3 is 2.52 bits per heavy atom. The van der Waals surface area contributed by atoms with Crippen molar-refractivity contribution >= 4 is 10.9 Å². The summed E-state index contributed by atoms with van der Waals surface area (Å²) in [5, 5.41) is 1.27. The third kappa shape index (κ3) is 2.52. The number of para-hydroxylation sites is 1. The summed E-state index contributed by atoms with van der Waals surface area (Å²) in [4.78, 5) is 4.44. The highest BCUT2D eigenvalue weighted by molar-refractivity contribution is 5.88. The van der Waals surface area contributed by atoms with E-state index in [0.29, 0.717) is 0 Å². The van der Waals surface area contributed by atoms with Crippen LogP contribution in [-0.4, -0.2) is 9.55 Å². The quantitative estimate of drug-likeness (QED) is 0.499. The summed E-state index contributed by atoms with van der Waals surface area (Å²) in [6, 6.07) is 17.3. The van der Waals surface area contributed by atoms with Crippen LogP contribution in [0.15, 0.2) is 60.9 Å². The summed E-state index contributed by atoms with van der Waals surface area (Å²) < 4.78 is 4.44. The maximum Gasteiger partial charge on any atom is 0.300 e. The molecule has 0 atom stereocenters. The van der Waals surface area contributed by atoms with E-state index in [1.807, 2.05) is 19.2 Å². The molecule has 0 saturated carbocycles. The SMILES string of the molecule is Cc1cc(-c2cc3ccccc3n2C)c(C)c(-[n+]2cccnc2C)c1. The van der Waals surface area contributed by atoms with Gasteiger partial charge < -0.3 is 4.57 Å². The van der Waals surface area contributed by atoms with E-state index >= 15 is 0 Å². The Morgan fingerprint density at radius 1 is 0.960 bits per heavy atom. The normalized spacial score (nSPS) is 11.2. The Bertz CT molecular complexity index is 1090. The molecule has 0 unspecified atom stereocenters. The number of hydrogen-bond donors (Lipinski definition) is 0. The zero-order valence-corrected chi connectivity index (χ0v) is 15.1. The van der Waals surface area contributed by atoms with Gasteiger partial charge in [-0.2, -0.15) is 0 Å². The highest BCUT2D eigenvalue weighted by Gasteiger charge is 2.17. The van der Waals surface area contributed by atoms with Gasteiger partial charge in [-0.15, -0.1) is 0 Å². The largest absolute Gasteiger partial charge is 0.344 e. The summed E-state index contributed by atoms with van der Waals surface area (Å²) in [6.07, 6.45) is 3.91. The van der Waals surface area contributed by atoms with Crippen molar-refractivity contribution in [1.82, 2.24) is 9.55 Å². The van der Waals surface area contributed by atoms with Gasteiger partial charge in [0.05, 0.1) is 0 Å². The average Bonchev–Trinajstić information content (AvgIpc) is 2.94. The molecule has 4 aromatic rings. The molecule has 0 aliphatic carbocycles. The predicted octanol–water partition coefficient (Wildman–Crippen LogP) is 4.44. The fraction of sp³-hybridized carbons (Fsp3) is 0.182. The summed E-state index contributed by atoms with van der Waals surface area (Å²) >= 11 is 0. The summed E-state index contributed by atoms with van der Waals surface area (Å²) in [5.41, 5.74) is 7.46. The third-order valence-electron chi connectivity index (χ3n) is 4.94. The van der Waals surface area contributed by atoms with Crippen molar-refractivity contribution < 1.29 is 4.57 Å². The minimum Gasteiger partial charge on any atom is -0.344 e. The van der Waals surface area contributed by atoms with Gasteiger partial charge in [0.15, 0.2) is 0 Å². The minimum absolute atomic E-state index is 0.985. The number of nitrogens with zero attached hydrogens (tertiary/aromatic N) is 3. The van der Waals surface area contributed by atoms with Gasteiger partial charge in [-0.25, -0.2) is 4.57 Å². The molecule has 2 aromatic carbocycles. The molecule has 0 saturated heterocycles. The van der Waals surface area contributed by atoms with Crippen LogP contribution < -0.4 is 4.57 Å². The van der Waals surface area contributed by atoms with Crippen molar-refractivity contribution in [2.75, 3.05) is 0 Å². The van der Waals surface area contributed by atoms with Crippen LogP contribution in [0.4, 0.5) is 0 Å². The summed E-state index contributed by atoms with van der Waals surface area (Å²) in [7, 11) is 2.14. The number of aryl methyl sites for hydroxylation is 3. The molecule has 25 heavy (non-hydrogen) atoms. The molecule has 0 amide bonds. The molecule has 4 rings (SSSR count). The first-order chi connectivity index (χ1) is 12.1. The molecule has 0 spiro atoms. The van der Waals surface area contributed by atoms with Crippen LogP contribution in [0.25, 0.3) is 27.8 Å². The van der Waals surface area contributed by atoms with E-state index in [2.05, 4.69) is 83.7 Å². The van der Waals surface area contributed by atoms with Crippen molar-refractivity contribution in [3.05, 3.63) is 77.9 Å². The summed E-state index contributed by atoms with van der Waals surface area (Å²) in [5.74, 6) is 0.985. The molecular weight excluding hydrogens is 306 g/mol. The first-order valence-electron chi connectivity index (χ1n) is 8.56. The second-order valence-electron chi connectivity index (χ2n) is 6.64. The smallest absolute Gasteiger partial charge is 0.300 e. The topological polar surface area (TPSA) is 21.7 Å². The van der Waals surface area contributed by atoms with E-state index in [9.17, 15) is 0 Å². The highest BCUT2D eigenvalue weighted by Crippen LogP contribution is 2.31.